The van der Waals surface area contributed by atoms with Gasteiger partial charge in [0.15, 0.2) is 0 Å². The fourth-order valence-corrected chi connectivity index (χ4v) is 1.81. The summed E-state index contributed by atoms with van der Waals surface area (Å²) >= 11 is 0. The molecule has 0 aliphatic carbocycles. The molecule has 1 aromatic heterocycles. The van der Waals surface area contributed by atoms with E-state index in [4.69, 9.17) is 4.42 Å². The van der Waals surface area contributed by atoms with Crippen molar-refractivity contribution >= 4 is 0 Å². The number of rotatable bonds is 4. The minimum Gasteiger partial charge on any atom is -0.465 e. The molecule has 0 aliphatic heterocycles. The average molecular weight is 229 g/mol. The Labute approximate surface area is 103 Å². The minimum atomic E-state index is 0.334. The SMILES string of the molecule is Cc1ccc(C(C)NCc2ccc(C)o2)cc1. The van der Waals surface area contributed by atoms with E-state index in [0.717, 1.165) is 18.1 Å². The first-order chi connectivity index (χ1) is 8.15. The Kier molecular flexibility index (Phi) is 3.64. The lowest BCUT2D eigenvalue weighted by Crippen LogP contribution is -2.17. The Balaban J connectivity index is 1.93. The van der Waals surface area contributed by atoms with Crippen LogP contribution in [0.5, 0.6) is 0 Å². The van der Waals surface area contributed by atoms with Gasteiger partial charge in [0.05, 0.1) is 6.54 Å². The Bertz CT molecular complexity index is 470. The maximum Gasteiger partial charge on any atom is 0.117 e. The molecule has 2 rings (SSSR count). The van der Waals surface area contributed by atoms with Gasteiger partial charge in [-0.05, 0) is 38.5 Å². The monoisotopic (exact) mass is 229 g/mol. The maximum atomic E-state index is 5.53. The van der Waals surface area contributed by atoms with Crippen LogP contribution in [0.15, 0.2) is 40.8 Å². The summed E-state index contributed by atoms with van der Waals surface area (Å²) in [6.07, 6.45) is 0. The van der Waals surface area contributed by atoms with Gasteiger partial charge in [0.1, 0.15) is 11.5 Å². The van der Waals surface area contributed by atoms with Crippen LogP contribution in [-0.4, -0.2) is 0 Å². The van der Waals surface area contributed by atoms with Crippen LogP contribution < -0.4 is 5.32 Å². The zero-order chi connectivity index (χ0) is 12.3. The Hall–Kier alpha value is -1.54. The lowest BCUT2D eigenvalue weighted by Gasteiger charge is -2.13. The second-order valence-electron chi connectivity index (χ2n) is 4.53. The smallest absolute Gasteiger partial charge is 0.117 e. The molecule has 0 amide bonds. The summed E-state index contributed by atoms with van der Waals surface area (Å²) in [5, 5.41) is 3.45. The van der Waals surface area contributed by atoms with Crippen molar-refractivity contribution in [3.05, 3.63) is 59.0 Å². The maximum absolute atomic E-state index is 5.53. The van der Waals surface area contributed by atoms with Crippen molar-refractivity contribution in [3.8, 4) is 0 Å². The minimum absolute atomic E-state index is 0.334. The third kappa shape index (κ3) is 3.21. The zero-order valence-corrected chi connectivity index (χ0v) is 10.7. The predicted octanol–water partition coefficient (Wildman–Crippen LogP) is 3.75. The number of aryl methyl sites for hydroxylation is 2. The normalized spacial score (nSPS) is 12.6. The highest BCUT2D eigenvalue weighted by molar-refractivity contribution is 5.23. The van der Waals surface area contributed by atoms with Crippen molar-refractivity contribution in [1.82, 2.24) is 5.32 Å². The quantitative estimate of drug-likeness (QED) is 0.863. The summed E-state index contributed by atoms with van der Waals surface area (Å²) in [4.78, 5) is 0. The first kappa shape index (κ1) is 11.9. The molecule has 1 atom stereocenters. The van der Waals surface area contributed by atoms with E-state index < -0.39 is 0 Å². The third-order valence-electron chi connectivity index (χ3n) is 2.96. The Morgan fingerprint density at radius 1 is 1.06 bits per heavy atom. The number of hydrogen-bond donors (Lipinski definition) is 1. The molecule has 17 heavy (non-hydrogen) atoms. The zero-order valence-electron chi connectivity index (χ0n) is 10.7. The molecular weight excluding hydrogens is 210 g/mol. The van der Waals surface area contributed by atoms with Gasteiger partial charge in [-0.25, -0.2) is 0 Å². The van der Waals surface area contributed by atoms with Crippen molar-refractivity contribution in [2.75, 3.05) is 0 Å². The number of benzene rings is 1. The fraction of sp³-hybridized carbons (Fsp3) is 0.333. The van der Waals surface area contributed by atoms with E-state index in [-0.39, 0.29) is 0 Å². The molecular formula is C15H19NO. The summed E-state index contributed by atoms with van der Waals surface area (Å²) in [5.41, 5.74) is 2.60. The summed E-state index contributed by atoms with van der Waals surface area (Å²) in [6, 6.07) is 13.0. The first-order valence-corrected chi connectivity index (χ1v) is 6.00. The van der Waals surface area contributed by atoms with Crippen LogP contribution in [0.1, 0.15) is 35.6 Å². The van der Waals surface area contributed by atoms with Crippen molar-refractivity contribution in [1.29, 1.82) is 0 Å². The average Bonchev–Trinajstić information content (AvgIpc) is 2.73. The molecule has 0 saturated carbocycles. The second kappa shape index (κ2) is 5.19. The van der Waals surface area contributed by atoms with Crippen molar-refractivity contribution in [2.24, 2.45) is 0 Å². The van der Waals surface area contributed by atoms with Gasteiger partial charge in [-0.2, -0.15) is 0 Å². The van der Waals surface area contributed by atoms with Crippen molar-refractivity contribution < 1.29 is 4.42 Å². The van der Waals surface area contributed by atoms with Gasteiger partial charge in [-0.15, -0.1) is 0 Å². The van der Waals surface area contributed by atoms with Crippen molar-refractivity contribution in [3.63, 3.8) is 0 Å². The van der Waals surface area contributed by atoms with Gasteiger partial charge < -0.3 is 9.73 Å². The highest BCUT2D eigenvalue weighted by Crippen LogP contribution is 2.14. The van der Waals surface area contributed by atoms with E-state index in [2.05, 4.69) is 43.4 Å². The molecule has 1 N–H and O–H groups in total. The molecule has 90 valence electrons. The van der Waals surface area contributed by atoms with Crippen LogP contribution in [0, 0.1) is 13.8 Å². The Morgan fingerprint density at radius 3 is 2.35 bits per heavy atom. The van der Waals surface area contributed by atoms with Crippen LogP contribution >= 0.6 is 0 Å². The van der Waals surface area contributed by atoms with E-state index in [1.54, 1.807) is 0 Å². The molecule has 0 fully saturated rings. The standard InChI is InChI=1S/C15H19NO/c1-11-4-7-14(8-5-11)13(3)16-10-15-9-6-12(2)17-15/h4-9,13,16H,10H2,1-3H3. The van der Waals surface area contributed by atoms with E-state index in [0.29, 0.717) is 6.04 Å². The molecule has 1 heterocycles. The van der Waals surface area contributed by atoms with E-state index in [1.165, 1.54) is 11.1 Å². The second-order valence-corrected chi connectivity index (χ2v) is 4.53. The van der Waals surface area contributed by atoms with E-state index in [1.807, 2.05) is 19.1 Å². The van der Waals surface area contributed by atoms with Gasteiger partial charge in [-0.1, -0.05) is 29.8 Å². The van der Waals surface area contributed by atoms with Crippen molar-refractivity contribution in [2.45, 2.75) is 33.4 Å². The molecule has 0 radical (unpaired) electrons. The molecule has 0 saturated heterocycles. The summed E-state index contributed by atoms with van der Waals surface area (Å²) in [7, 11) is 0. The van der Waals surface area contributed by atoms with Crippen LogP contribution in [-0.2, 0) is 6.54 Å². The van der Waals surface area contributed by atoms with Crippen LogP contribution in [0.4, 0.5) is 0 Å². The number of furan rings is 1. The van der Waals surface area contributed by atoms with Gasteiger partial charge in [0.25, 0.3) is 0 Å². The summed E-state index contributed by atoms with van der Waals surface area (Å²) in [5.74, 6) is 1.95. The van der Waals surface area contributed by atoms with E-state index in [9.17, 15) is 0 Å². The molecule has 1 unspecified atom stereocenters. The number of hydrogen-bond acceptors (Lipinski definition) is 2. The highest BCUT2D eigenvalue weighted by Gasteiger charge is 2.05. The summed E-state index contributed by atoms with van der Waals surface area (Å²) < 4.78 is 5.53. The predicted molar refractivity (Wildman–Crippen MR) is 69.9 cm³/mol. The molecule has 2 nitrogen and oxygen atoms in total. The van der Waals surface area contributed by atoms with E-state index >= 15 is 0 Å². The third-order valence-corrected chi connectivity index (χ3v) is 2.96. The lowest BCUT2D eigenvalue weighted by molar-refractivity contribution is 0.444. The highest BCUT2D eigenvalue weighted by atomic mass is 16.3. The Morgan fingerprint density at radius 2 is 1.76 bits per heavy atom. The molecule has 2 heteroatoms. The fourth-order valence-electron chi connectivity index (χ4n) is 1.81. The van der Waals surface area contributed by atoms with Gasteiger partial charge in [0.2, 0.25) is 0 Å². The molecule has 0 spiro atoms. The molecule has 2 aromatic rings. The topological polar surface area (TPSA) is 25.2 Å². The van der Waals surface area contributed by atoms with Crippen LogP contribution in [0.3, 0.4) is 0 Å². The molecule has 0 aliphatic rings. The lowest BCUT2D eigenvalue weighted by atomic mass is 10.1. The van der Waals surface area contributed by atoms with Gasteiger partial charge in [0, 0.05) is 6.04 Å². The van der Waals surface area contributed by atoms with Gasteiger partial charge in [-0.3, -0.25) is 0 Å². The molecule has 0 bridgehead atoms. The van der Waals surface area contributed by atoms with Crippen LogP contribution in [0.25, 0.3) is 0 Å². The molecule has 1 aromatic carbocycles. The number of nitrogens with one attached hydrogen (secondary N) is 1. The van der Waals surface area contributed by atoms with Crippen LogP contribution in [0.2, 0.25) is 0 Å². The summed E-state index contributed by atoms with van der Waals surface area (Å²) in [6.45, 7) is 7.00. The largest absolute Gasteiger partial charge is 0.465 e. The van der Waals surface area contributed by atoms with Gasteiger partial charge >= 0.3 is 0 Å². The first-order valence-electron chi connectivity index (χ1n) is 6.00.